The van der Waals surface area contributed by atoms with E-state index in [4.69, 9.17) is 0 Å². The number of hydrogen-bond donors (Lipinski definition) is 2. The molecule has 1 saturated carbocycles. The van der Waals surface area contributed by atoms with Gasteiger partial charge in [0.2, 0.25) is 5.91 Å². The van der Waals surface area contributed by atoms with Gasteiger partial charge < -0.3 is 5.32 Å². The van der Waals surface area contributed by atoms with Gasteiger partial charge in [0.1, 0.15) is 6.04 Å². The molecular formula is C18H22N6O. The fourth-order valence-electron chi connectivity index (χ4n) is 3.54. The van der Waals surface area contributed by atoms with E-state index in [1.807, 2.05) is 29.2 Å². The standard InChI is InChI=1S/C18H22N6O/c25-18(16-2-1-7-20-16)23-14-3-5-15(6-4-14)24-12-13(10-22-24)17-11-19-8-9-21-17/h1-2,8-12,14-16,20H,3-7H2,(H,23,25). The van der Waals surface area contributed by atoms with Crippen molar-refractivity contribution in [1.29, 1.82) is 0 Å². The topological polar surface area (TPSA) is 84.7 Å². The molecule has 0 radical (unpaired) electrons. The molecule has 0 saturated heterocycles. The van der Waals surface area contributed by atoms with Crippen LogP contribution in [0.15, 0.2) is 43.1 Å². The largest absolute Gasteiger partial charge is 0.352 e. The summed E-state index contributed by atoms with van der Waals surface area (Å²) in [6, 6.07) is 0.469. The van der Waals surface area contributed by atoms with Gasteiger partial charge in [0, 0.05) is 36.7 Å². The average molecular weight is 338 g/mol. The van der Waals surface area contributed by atoms with Crippen molar-refractivity contribution >= 4 is 5.91 Å². The van der Waals surface area contributed by atoms with Crippen LogP contribution in [0.2, 0.25) is 0 Å². The smallest absolute Gasteiger partial charge is 0.241 e. The first-order chi connectivity index (χ1) is 12.3. The molecular weight excluding hydrogens is 316 g/mol. The normalized spacial score (nSPS) is 25.8. The molecule has 7 nitrogen and oxygen atoms in total. The molecule has 1 fully saturated rings. The molecule has 2 aromatic rings. The second-order valence-corrected chi connectivity index (χ2v) is 6.63. The Morgan fingerprint density at radius 2 is 2.08 bits per heavy atom. The van der Waals surface area contributed by atoms with E-state index in [9.17, 15) is 4.79 Å². The summed E-state index contributed by atoms with van der Waals surface area (Å²) in [7, 11) is 0. The van der Waals surface area contributed by atoms with Gasteiger partial charge >= 0.3 is 0 Å². The van der Waals surface area contributed by atoms with Crippen LogP contribution in [-0.4, -0.2) is 44.3 Å². The van der Waals surface area contributed by atoms with Crippen molar-refractivity contribution in [1.82, 2.24) is 30.4 Å². The van der Waals surface area contributed by atoms with Gasteiger partial charge in [0.15, 0.2) is 0 Å². The molecule has 25 heavy (non-hydrogen) atoms. The molecule has 1 aliphatic heterocycles. The van der Waals surface area contributed by atoms with Crippen LogP contribution in [0.1, 0.15) is 31.7 Å². The van der Waals surface area contributed by atoms with Crippen molar-refractivity contribution < 1.29 is 4.79 Å². The predicted octanol–water partition coefficient (Wildman–Crippen LogP) is 1.47. The average Bonchev–Trinajstić information content (AvgIpc) is 3.35. The lowest BCUT2D eigenvalue weighted by molar-refractivity contribution is -0.122. The molecule has 7 heteroatoms. The number of nitrogens with zero attached hydrogens (tertiary/aromatic N) is 4. The van der Waals surface area contributed by atoms with Gasteiger partial charge in [-0.05, 0) is 25.7 Å². The molecule has 2 N–H and O–H groups in total. The molecule has 4 rings (SSSR count). The van der Waals surface area contributed by atoms with Crippen molar-refractivity contribution in [3.8, 4) is 11.3 Å². The lowest BCUT2D eigenvalue weighted by Gasteiger charge is -2.29. The van der Waals surface area contributed by atoms with Gasteiger partial charge in [-0.15, -0.1) is 0 Å². The Labute approximate surface area is 146 Å². The zero-order valence-corrected chi connectivity index (χ0v) is 14.0. The second-order valence-electron chi connectivity index (χ2n) is 6.63. The first-order valence-corrected chi connectivity index (χ1v) is 8.80. The highest BCUT2D eigenvalue weighted by molar-refractivity contribution is 5.84. The summed E-state index contributed by atoms with van der Waals surface area (Å²) in [6.45, 7) is 0.776. The summed E-state index contributed by atoms with van der Waals surface area (Å²) in [5.74, 6) is 0.0845. The van der Waals surface area contributed by atoms with Crippen LogP contribution in [0.25, 0.3) is 11.3 Å². The molecule has 1 aliphatic carbocycles. The van der Waals surface area contributed by atoms with Crippen LogP contribution in [-0.2, 0) is 4.79 Å². The summed E-state index contributed by atoms with van der Waals surface area (Å²) < 4.78 is 2.03. The molecule has 3 heterocycles. The zero-order valence-electron chi connectivity index (χ0n) is 14.0. The molecule has 0 spiro atoms. The summed E-state index contributed by atoms with van der Waals surface area (Å²) in [5.41, 5.74) is 1.83. The van der Waals surface area contributed by atoms with Crippen molar-refractivity contribution in [3.05, 3.63) is 43.1 Å². The molecule has 1 atom stereocenters. The Balaban J connectivity index is 1.32. The van der Waals surface area contributed by atoms with E-state index in [2.05, 4.69) is 25.7 Å². The fraction of sp³-hybridized carbons (Fsp3) is 0.444. The van der Waals surface area contributed by atoms with Crippen LogP contribution < -0.4 is 10.6 Å². The van der Waals surface area contributed by atoms with Crippen molar-refractivity contribution in [2.45, 2.75) is 43.8 Å². The molecule has 0 bridgehead atoms. The summed E-state index contributed by atoms with van der Waals surface area (Å²) in [5, 5.41) is 10.8. The van der Waals surface area contributed by atoms with Crippen molar-refractivity contribution in [2.75, 3.05) is 6.54 Å². The number of nitrogens with one attached hydrogen (secondary N) is 2. The van der Waals surface area contributed by atoms with E-state index in [1.165, 1.54) is 0 Å². The fourth-order valence-corrected chi connectivity index (χ4v) is 3.54. The molecule has 2 aromatic heterocycles. The molecule has 1 unspecified atom stereocenters. The minimum atomic E-state index is -0.168. The van der Waals surface area contributed by atoms with E-state index >= 15 is 0 Å². The van der Waals surface area contributed by atoms with Gasteiger partial charge in [0.05, 0.1) is 24.1 Å². The Bertz CT molecular complexity index is 748. The Morgan fingerprint density at radius 3 is 2.80 bits per heavy atom. The predicted molar refractivity (Wildman–Crippen MR) is 93.6 cm³/mol. The van der Waals surface area contributed by atoms with E-state index in [-0.39, 0.29) is 18.0 Å². The minimum absolute atomic E-state index is 0.0845. The number of rotatable bonds is 4. The highest BCUT2D eigenvalue weighted by Crippen LogP contribution is 2.29. The first kappa shape index (κ1) is 16.0. The maximum Gasteiger partial charge on any atom is 0.241 e. The third-order valence-electron chi connectivity index (χ3n) is 4.94. The number of amides is 1. The quantitative estimate of drug-likeness (QED) is 0.825. The Kier molecular flexibility index (Phi) is 4.56. The summed E-state index contributed by atoms with van der Waals surface area (Å²) >= 11 is 0. The first-order valence-electron chi connectivity index (χ1n) is 8.80. The van der Waals surface area contributed by atoms with Crippen LogP contribution in [0.3, 0.4) is 0 Å². The summed E-state index contributed by atoms with van der Waals surface area (Å²) in [6.07, 6.45) is 16.9. The van der Waals surface area contributed by atoms with E-state index < -0.39 is 0 Å². The van der Waals surface area contributed by atoms with Crippen molar-refractivity contribution in [2.24, 2.45) is 0 Å². The van der Waals surface area contributed by atoms with Crippen molar-refractivity contribution in [3.63, 3.8) is 0 Å². The van der Waals surface area contributed by atoms with Crippen LogP contribution >= 0.6 is 0 Å². The Morgan fingerprint density at radius 1 is 1.20 bits per heavy atom. The highest BCUT2D eigenvalue weighted by atomic mass is 16.2. The maximum atomic E-state index is 12.2. The van der Waals surface area contributed by atoms with E-state index in [0.717, 1.165) is 43.5 Å². The SMILES string of the molecule is O=C(NC1CCC(n2cc(-c3cnccn3)cn2)CC1)C1C=CCN1. The maximum absolute atomic E-state index is 12.2. The molecule has 2 aliphatic rings. The van der Waals surface area contributed by atoms with Gasteiger partial charge in [-0.2, -0.15) is 5.10 Å². The number of hydrogen-bond acceptors (Lipinski definition) is 5. The molecule has 0 aromatic carbocycles. The minimum Gasteiger partial charge on any atom is -0.352 e. The van der Waals surface area contributed by atoms with Gasteiger partial charge in [-0.3, -0.25) is 24.8 Å². The number of carbonyl (C=O) groups excluding carboxylic acids is 1. The van der Waals surface area contributed by atoms with Gasteiger partial charge in [0.25, 0.3) is 0 Å². The monoisotopic (exact) mass is 338 g/mol. The second kappa shape index (κ2) is 7.14. The number of aromatic nitrogens is 4. The van der Waals surface area contributed by atoms with Crippen LogP contribution in [0.5, 0.6) is 0 Å². The number of carbonyl (C=O) groups is 1. The highest BCUT2D eigenvalue weighted by Gasteiger charge is 2.26. The lowest BCUT2D eigenvalue weighted by atomic mass is 9.91. The lowest BCUT2D eigenvalue weighted by Crippen LogP contribution is -2.46. The molecule has 1 amide bonds. The van der Waals surface area contributed by atoms with Gasteiger partial charge in [-0.1, -0.05) is 12.2 Å². The summed E-state index contributed by atoms with van der Waals surface area (Å²) in [4.78, 5) is 20.6. The van der Waals surface area contributed by atoms with E-state index in [0.29, 0.717) is 6.04 Å². The molecule has 130 valence electrons. The zero-order chi connectivity index (χ0) is 17.1. The van der Waals surface area contributed by atoms with Crippen LogP contribution in [0, 0.1) is 0 Å². The third-order valence-corrected chi connectivity index (χ3v) is 4.94. The Hall–Kier alpha value is -2.54. The van der Waals surface area contributed by atoms with E-state index in [1.54, 1.807) is 18.6 Å². The third kappa shape index (κ3) is 3.61. The van der Waals surface area contributed by atoms with Crippen LogP contribution in [0.4, 0.5) is 0 Å². The van der Waals surface area contributed by atoms with Gasteiger partial charge in [-0.25, -0.2) is 0 Å².